The van der Waals surface area contributed by atoms with Crippen molar-refractivity contribution >= 4 is 5.91 Å². The highest BCUT2D eigenvalue weighted by molar-refractivity contribution is 5.76. The lowest BCUT2D eigenvalue weighted by Gasteiger charge is -2.48. The lowest BCUT2D eigenvalue weighted by molar-refractivity contribution is -0.379. The van der Waals surface area contributed by atoms with E-state index in [1.54, 1.807) is 6.08 Å². The van der Waals surface area contributed by atoms with Crippen LogP contribution in [0.5, 0.6) is 0 Å². The first-order valence-corrected chi connectivity index (χ1v) is 37.3. The fraction of sp³-hybridized carbons (Fsp3) is 0.803. The molecule has 19 nitrogen and oxygen atoms in total. The highest BCUT2D eigenvalue weighted by Crippen LogP contribution is 2.33. The summed E-state index contributed by atoms with van der Waals surface area (Å²) in [7, 11) is 0. The van der Waals surface area contributed by atoms with Crippen LogP contribution < -0.4 is 5.32 Å². The molecule has 3 fully saturated rings. The van der Waals surface area contributed by atoms with E-state index in [2.05, 4.69) is 92.1 Å². The minimum atomic E-state index is -1.99. The van der Waals surface area contributed by atoms with Crippen molar-refractivity contribution in [3.05, 3.63) is 85.1 Å². The van der Waals surface area contributed by atoms with Gasteiger partial charge in [0.05, 0.1) is 38.6 Å². The molecule has 0 radical (unpaired) electrons. The van der Waals surface area contributed by atoms with Crippen molar-refractivity contribution in [1.29, 1.82) is 0 Å². The first-order valence-electron chi connectivity index (χ1n) is 37.3. The van der Waals surface area contributed by atoms with Gasteiger partial charge in [0.2, 0.25) is 5.91 Å². The molecule has 3 aliphatic heterocycles. The van der Waals surface area contributed by atoms with Crippen LogP contribution in [0.15, 0.2) is 85.1 Å². The summed E-state index contributed by atoms with van der Waals surface area (Å²) in [6.07, 6.45) is 47.0. The molecule has 17 unspecified atom stereocenters. The Bertz CT molecular complexity index is 2050. The molecule has 0 aromatic heterocycles. The predicted molar refractivity (Wildman–Crippen MR) is 374 cm³/mol. The monoisotopic (exact) mass is 1350 g/mol. The quantitative estimate of drug-likeness (QED) is 0.0199. The van der Waals surface area contributed by atoms with Crippen LogP contribution in [-0.4, -0.2) is 193 Å². The molecule has 550 valence electrons. The first kappa shape index (κ1) is 86.2. The average Bonchev–Trinajstić information content (AvgIpc) is 0.787. The Balaban J connectivity index is 1.43. The molecule has 0 aliphatic carbocycles. The molecule has 95 heavy (non-hydrogen) atoms. The number of carbonyl (C=O) groups excluding carboxylic acids is 1. The molecule has 0 spiro atoms. The summed E-state index contributed by atoms with van der Waals surface area (Å²) in [5.41, 5.74) is 0. The summed E-state index contributed by atoms with van der Waals surface area (Å²) < 4.78 is 34.4. The molecular weight excluding hydrogens is 1210 g/mol. The Morgan fingerprint density at radius 1 is 0.389 bits per heavy atom. The molecule has 3 aliphatic rings. The molecule has 19 heteroatoms. The maximum Gasteiger partial charge on any atom is 0.220 e. The van der Waals surface area contributed by atoms with E-state index in [1.165, 1.54) is 141 Å². The number of unbranched alkanes of at least 4 members (excludes halogenated alkanes) is 29. The van der Waals surface area contributed by atoms with Crippen LogP contribution in [0.1, 0.15) is 258 Å². The molecule has 0 aromatic rings. The van der Waals surface area contributed by atoms with Gasteiger partial charge in [0.15, 0.2) is 18.9 Å². The number of hydrogen-bond acceptors (Lipinski definition) is 18. The van der Waals surface area contributed by atoms with Crippen molar-refractivity contribution in [2.24, 2.45) is 0 Å². The SMILES string of the molecule is CC/C=C\C/C=C\C/C=C\C/C=C\CCCCCCCCCCCCCCC(=O)NC(COC1OC(CO)C(OC2OC(CO)C(OC3OC(CO)C(O)C(O)C3O)C(O)C2O)C(O)C1O)C(O)/C=C/CC/C=C/CC/C=C/CCCCCCCCCCCCCCCCC. The smallest absolute Gasteiger partial charge is 0.220 e. The largest absolute Gasteiger partial charge is 0.394 e. The topological polar surface area (TPSA) is 307 Å². The molecule has 3 saturated heterocycles. The number of nitrogens with one attached hydrogen (secondary N) is 1. The number of amides is 1. The number of ether oxygens (including phenoxy) is 6. The van der Waals surface area contributed by atoms with Gasteiger partial charge in [-0.2, -0.15) is 0 Å². The van der Waals surface area contributed by atoms with Crippen molar-refractivity contribution in [3.8, 4) is 0 Å². The normalized spacial score (nSPS) is 27.7. The van der Waals surface area contributed by atoms with Gasteiger partial charge in [-0.3, -0.25) is 4.79 Å². The molecular formula is C76H133NO18. The van der Waals surface area contributed by atoms with E-state index in [1.807, 2.05) is 6.08 Å². The van der Waals surface area contributed by atoms with E-state index >= 15 is 0 Å². The number of aliphatic hydroxyl groups is 11. The Labute approximate surface area is 571 Å². The molecule has 12 N–H and O–H groups in total. The van der Waals surface area contributed by atoms with Crippen LogP contribution >= 0.6 is 0 Å². The van der Waals surface area contributed by atoms with Crippen LogP contribution in [0.3, 0.4) is 0 Å². The highest BCUT2D eigenvalue weighted by atomic mass is 16.8. The van der Waals surface area contributed by atoms with Crippen molar-refractivity contribution in [3.63, 3.8) is 0 Å². The van der Waals surface area contributed by atoms with Crippen molar-refractivity contribution in [2.75, 3.05) is 26.4 Å². The standard InChI is InChI=1S/C76H133NO18/c1-3-5-7-9-11-13-15-17-19-21-23-25-27-29-31-33-35-37-39-41-43-45-47-49-51-53-60(81)59(77-64(82)54-52-50-48-46-44-42-40-38-36-34-32-30-28-26-24-22-20-18-16-14-12-10-8-6-4-2)58-90-74-70(88)67(85)72(62(56-79)92-74)95-76-71(89)68(86)73(63(57-80)93-76)94-75-69(87)66(84)65(83)61(55-78)91-75/h6,8,12,14,18,20,24,26,35,37,43,45,51,53,59-63,65-76,78-81,83-89H,3-5,7,9-11,13,15-17,19,21-23,25,27-34,36,38-42,44,46-50,52,54-58H2,1-2H3,(H,77,82)/b8-6-,14-12-,20-18-,26-24-,37-35+,45-43+,53-51+. The van der Waals surface area contributed by atoms with Crippen molar-refractivity contribution < 1.29 is 89.4 Å². The maximum atomic E-state index is 13.4. The summed E-state index contributed by atoms with van der Waals surface area (Å²) in [6.45, 7) is 1.61. The minimum Gasteiger partial charge on any atom is -0.394 e. The van der Waals surface area contributed by atoms with E-state index in [0.717, 1.165) is 83.5 Å². The van der Waals surface area contributed by atoms with Gasteiger partial charge < -0.3 is 89.9 Å². The molecule has 1 amide bonds. The average molecular weight is 1350 g/mol. The van der Waals surface area contributed by atoms with E-state index in [9.17, 15) is 61.0 Å². The molecule has 0 saturated carbocycles. The Morgan fingerprint density at radius 3 is 1.18 bits per heavy atom. The van der Waals surface area contributed by atoms with Crippen LogP contribution in [0.25, 0.3) is 0 Å². The summed E-state index contributed by atoms with van der Waals surface area (Å²) in [4.78, 5) is 13.4. The van der Waals surface area contributed by atoms with Gasteiger partial charge in [-0.25, -0.2) is 0 Å². The second-order valence-corrected chi connectivity index (χ2v) is 26.4. The molecule has 3 rings (SSSR count). The summed E-state index contributed by atoms with van der Waals surface area (Å²) in [5.74, 6) is -0.293. The van der Waals surface area contributed by atoms with Gasteiger partial charge >= 0.3 is 0 Å². The van der Waals surface area contributed by atoms with Crippen LogP contribution in [0, 0.1) is 0 Å². The van der Waals surface area contributed by atoms with Crippen molar-refractivity contribution in [2.45, 2.75) is 362 Å². The summed E-state index contributed by atoms with van der Waals surface area (Å²) in [5, 5.41) is 121. The number of rotatable bonds is 57. The second kappa shape index (κ2) is 56.7. The molecule has 17 atom stereocenters. The molecule has 0 aromatic carbocycles. The third-order valence-electron chi connectivity index (χ3n) is 18.2. The third-order valence-corrected chi connectivity index (χ3v) is 18.2. The van der Waals surface area contributed by atoms with Crippen LogP contribution in [-0.2, 0) is 33.2 Å². The predicted octanol–water partition coefficient (Wildman–Crippen LogP) is 11.1. The summed E-state index contributed by atoms with van der Waals surface area (Å²) >= 11 is 0. The zero-order valence-electron chi connectivity index (χ0n) is 58.4. The highest BCUT2D eigenvalue weighted by Gasteiger charge is 2.53. The first-order chi connectivity index (χ1) is 46.3. The lowest BCUT2D eigenvalue weighted by Crippen LogP contribution is -2.66. The van der Waals surface area contributed by atoms with Crippen LogP contribution in [0.4, 0.5) is 0 Å². The van der Waals surface area contributed by atoms with Gasteiger partial charge in [-0.1, -0.05) is 253 Å². The van der Waals surface area contributed by atoms with Crippen molar-refractivity contribution in [1.82, 2.24) is 5.32 Å². The third kappa shape index (κ3) is 37.8. The molecule has 3 heterocycles. The van der Waals surface area contributed by atoms with E-state index in [0.29, 0.717) is 12.8 Å². The Morgan fingerprint density at radius 2 is 0.737 bits per heavy atom. The van der Waals surface area contributed by atoms with Gasteiger partial charge in [0.1, 0.15) is 73.2 Å². The zero-order valence-corrected chi connectivity index (χ0v) is 58.4. The zero-order chi connectivity index (χ0) is 68.9. The van der Waals surface area contributed by atoms with Crippen LogP contribution in [0.2, 0.25) is 0 Å². The molecule has 0 bridgehead atoms. The Kier molecular flexibility index (Phi) is 51.4. The number of allylic oxidation sites excluding steroid dienone is 13. The van der Waals surface area contributed by atoms with E-state index in [4.69, 9.17) is 28.4 Å². The van der Waals surface area contributed by atoms with Gasteiger partial charge in [-0.15, -0.1) is 0 Å². The maximum absolute atomic E-state index is 13.4. The summed E-state index contributed by atoms with van der Waals surface area (Å²) in [6, 6.07) is -1.00. The van der Waals surface area contributed by atoms with Gasteiger partial charge in [-0.05, 0) is 83.5 Å². The number of carbonyl (C=O) groups is 1. The van der Waals surface area contributed by atoms with Gasteiger partial charge in [0, 0.05) is 6.42 Å². The second-order valence-electron chi connectivity index (χ2n) is 26.4. The fourth-order valence-corrected chi connectivity index (χ4v) is 12.2. The van der Waals surface area contributed by atoms with E-state index < -0.39 is 124 Å². The minimum absolute atomic E-state index is 0.225. The fourth-order valence-electron chi connectivity index (χ4n) is 12.2. The van der Waals surface area contributed by atoms with E-state index in [-0.39, 0.29) is 18.9 Å². The number of hydrogen-bond donors (Lipinski definition) is 12. The number of aliphatic hydroxyl groups excluding tert-OH is 11. The lowest BCUT2D eigenvalue weighted by atomic mass is 9.96. The Hall–Kier alpha value is -3.03. The van der Waals surface area contributed by atoms with Gasteiger partial charge in [0.25, 0.3) is 0 Å².